The highest BCUT2D eigenvalue weighted by Crippen LogP contribution is 2.23. The number of amides is 1. The second-order valence-electron chi connectivity index (χ2n) is 4.68. The molecule has 17 heavy (non-hydrogen) atoms. The highest BCUT2D eigenvalue weighted by molar-refractivity contribution is 5.82. The van der Waals surface area contributed by atoms with Gasteiger partial charge in [-0.2, -0.15) is 0 Å². The lowest BCUT2D eigenvalue weighted by atomic mass is 9.93. The van der Waals surface area contributed by atoms with Crippen LogP contribution in [0.25, 0.3) is 0 Å². The number of carbonyl (C=O) groups is 1. The van der Waals surface area contributed by atoms with E-state index >= 15 is 0 Å². The molecule has 1 aliphatic rings. The first kappa shape index (κ1) is 14.2. The summed E-state index contributed by atoms with van der Waals surface area (Å²) in [5.74, 6) is -0.0501. The van der Waals surface area contributed by atoms with E-state index in [-0.39, 0.29) is 18.6 Å². The number of rotatable bonds is 6. The Morgan fingerprint density at radius 1 is 1.47 bits per heavy atom. The maximum absolute atomic E-state index is 12.2. The molecule has 0 aromatic rings. The second-order valence-corrected chi connectivity index (χ2v) is 4.68. The Balaban J connectivity index is 2.62. The molecule has 0 aromatic carbocycles. The number of hydrogen-bond acceptors (Lipinski definition) is 3. The van der Waals surface area contributed by atoms with Crippen molar-refractivity contribution in [1.29, 1.82) is 0 Å². The Morgan fingerprint density at radius 3 is 2.65 bits per heavy atom. The fourth-order valence-corrected chi connectivity index (χ4v) is 2.47. The summed E-state index contributed by atoms with van der Waals surface area (Å²) in [5.41, 5.74) is 5.82. The summed E-state index contributed by atoms with van der Waals surface area (Å²) in [7, 11) is 0. The first-order valence-corrected chi connectivity index (χ1v) is 6.48. The number of aliphatic hydroxyl groups is 1. The van der Waals surface area contributed by atoms with E-state index in [4.69, 9.17) is 10.8 Å². The van der Waals surface area contributed by atoms with Gasteiger partial charge in [0.05, 0.1) is 12.6 Å². The smallest absolute Gasteiger partial charge is 0.240 e. The Bertz CT molecular complexity index is 250. The van der Waals surface area contributed by atoms with E-state index in [1.165, 1.54) is 6.42 Å². The molecule has 4 heteroatoms. The van der Waals surface area contributed by atoms with Crippen LogP contribution < -0.4 is 5.73 Å². The maximum Gasteiger partial charge on any atom is 0.240 e. The molecule has 1 rings (SSSR count). The van der Waals surface area contributed by atoms with E-state index in [1.807, 2.05) is 0 Å². The lowest BCUT2D eigenvalue weighted by molar-refractivity contribution is -0.136. The van der Waals surface area contributed by atoms with Crippen molar-refractivity contribution in [2.24, 2.45) is 5.73 Å². The highest BCUT2D eigenvalue weighted by Gasteiger charge is 2.27. The summed E-state index contributed by atoms with van der Waals surface area (Å²) in [4.78, 5) is 13.9. The van der Waals surface area contributed by atoms with Crippen LogP contribution >= 0.6 is 0 Å². The van der Waals surface area contributed by atoms with Gasteiger partial charge in [-0.3, -0.25) is 4.79 Å². The van der Waals surface area contributed by atoms with E-state index in [1.54, 1.807) is 11.0 Å². The van der Waals surface area contributed by atoms with E-state index < -0.39 is 6.04 Å². The van der Waals surface area contributed by atoms with Gasteiger partial charge >= 0.3 is 0 Å². The quantitative estimate of drug-likeness (QED) is 0.682. The van der Waals surface area contributed by atoms with Gasteiger partial charge in [-0.15, -0.1) is 6.58 Å². The van der Waals surface area contributed by atoms with Crippen LogP contribution in [-0.4, -0.2) is 41.1 Å². The van der Waals surface area contributed by atoms with Crippen molar-refractivity contribution in [2.45, 2.75) is 50.6 Å². The second kappa shape index (κ2) is 7.45. The molecule has 0 bridgehead atoms. The molecule has 3 N–H and O–H groups in total. The number of nitrogens with zero attached hydrogens (tertiary/aromatic N) is 1. The van der Waals surface area contributed by atoms with Gasteiger partial charge in [-0.05, 0) is 19.3 Å². The van der Waals surface area contributed by atoms with Gasteiger partial charge in [0.25, 0.3) is 0 Å². The third-order valence-electron chi connectivity index (χ3n) is 3.38. The molecule has 0 aliphatic heterocycles. The molecule has 0 aromatic heterocycles. The molecule has 98 valence electrons. The van der Waals surface area contributed by atoms with Crippen molar-refractivity contribution in [2.75, 3.05) is 13.2 Å². The van der Waals surface area contributed by atoms with Gasteiger partial charge in [-0.1, -0.05) is 25.3 Å². The first-order valence-electron chi connectivity index (χ1n) is 6.48. The molecular weight excluding hydrogens is 216 g/mol. The number of carbonyl (C=O) groups excluding carboxylic acids is 1. The zero-order valence-electron chi connectivity index (χ0n) is 10.5. The molecular formula is C13H24N2O2. The molecule has 0 spiro atoms. The zero-order chi connectivity index (χ0) is 12.7. The normalized spacial score (nSPS) is 18.7. The average Bonchev–Trinajstić information content (AvgIpc) is 2.36. The van der Waals surface area contributed by atoms with Crippen molar-refractivity contribution in [3.63, 3.8) is 0 Å². The highest BCUT2D eigenvalue weighted by atomic mass is 16.3. The van der Waals surface area contributed by atoms with Crippen molar-refractivity contribution in [3.05, 3.63) is 12.7 Å². The van der Waals surface area contributed by atoms with E-state index in [2.05, 4.69) is 6.58 Å². The summed E-state index contributed by atoms with van der Waals surface area (Å²) in [6.45, 7) is 4.00. The Kier molecular flexibility index (Phi) is 6.22. The van der Waals surface area contributed by atoms with Crippen LogP contribution in [0.1, 0.15) is 38.5 Å². The molecule has 1 atom stereocenters. The first-order chi connectivity index (χ1) is 8.20. The van der Waals surface area contributed by atoms with Crippen LogP contribution in [0.3, 0.4) is 0 Å². The predicted molar refractivity (Wildman–Crippen MR) is 68.5 cm³/mol. The van der Waals surface area contributed by atoms with Crippen molar-refractivity contribution in [3.8, 4) is 0 Å². The maximum atomic E-state index is 12.2. The lowest BCUT2D eigenvalue weighted by Gasteiger charge is -2.35. The monoisotopic (exact) mass is 240 g/mol. The van der Waals surface area contributed by atoms with E-state index in [0.29, 0.717) is 13.0 Å². The summed E-state index contributed by atoms with van der Waals surface area (Å²) in [6, 6.07) is -0.250. The minimum absolute atomic E-state index is 0.00303. The number of nitrogens with two attached hydrogens (primary N) is 1. The fourth-order valence-electron chi connectivity index (χ4n) is 2.47. The van der Waals surface area contributed by atoms with Crippen molar-refractivity contribution < 1.29 is 9.90 Å². The minimum atomic E-state index is -0.513. The molecule has 1 aliphatic carbocycles. The molecule has 4 nitrogen and oxygen atoms in total. The predicted octanol–water partition coefficient (Wildman–Crippen LogP) is 1.04. The van der Waals surface area contributed by atoms with Gasteiger partial charge in [0.15, 0.2) is 0 Å². The van der Waals surface area contributed by atoms with Gasteiger partial charge in [0, 0.05) is 12.6 Å². The van der Waals surface area contributed by atoms with Crippen LogP contribution in [0.15, 0.2) is 12.7 Å². The van der Waals surface area contributed by atoms with Crippen LogP contribution in [0.2, 0.25) is 0 Å². The molecule has 0 saturated heterocycles. The van der Waals surface area contributed by atoms with E-state index in [9.17, 15) is 4.79 Å². The topological polar surface area (TPSA) is 66.6 Å². The van der Waals surface area contributed by atoms with Crippen molar-refractivity contribution in [1.82, 2.24) is 4.90 Å². The number of hydrogen-bond donors (Lipinski definition) is 2. The van der Waals surface area contributed by atoms with Crippen LogP contribution in [0.5, 0.6) is 0 Å². The summed E-state index contributed by atoms with van der Waals surface area (Å²) >= 11 is 0. The minimum Gasteiger partial charge on any atom is -0.395 e. The Hall–Kier alpha value is -0.870. The Morgan fingerprint density at radius 2 is 2.12 bits per heavy atom. The standard InChI is InChI=1S/C13H24N2O2/c1-2-6-12(14)13(17)15(9-10-16)11-7-4-3-5-8-11/h2,11-12,16H,1,3-10,14H2. The Labute approximate surface area is 103 Å². The largest absolute Gasteiger partial charge is 0.395 e. The van der Waals surface area contributed by atoms with Crippen molar-refractivity contribution >= 4 is 5.91 Å². The van der Waals surface area contributed by atoms with Gasteiger partial charge in [-0.25, -0.2) is 0 Å². The van der Waals surface area contributed by atoms with E-state index in [0.717, 1.165) is 25.7 Å². The summed E-state index contributed by atoms with van der Waals surface area (Å²) < 4.78 is 0. The number of aliphatic hydroxyl groups excluding tert-OH is 1. The third kappa shape index (κ3) is 4.13. The molecule has 1 saturated carbocycles. The van der Waals surface area contributed by atoms with Crippen LogP contribution in [0.4, 0.5) is 0 Å². The molecule has 1 fully saturated rings. The van der Waals surface area contributed by atoms with Gasteiger partial charge < -0.3 is 15.7 Å². The zero-order valence-corrected chi connectivity index (χ0v) is 10.5. The van der Waals surface area contributed by atoms with Gasteiger partial charge in [0.2, 0.25) is 5.91 Å². The molecule has 1 unspecified atom stereocenters. The molecule has 0 heterocycles. The third-order valence-corrected chi connectivity index (χ3v) is 3.38. The van der Waals surface area contributed by atoms with Gasteiger partial charge in [0.1, 0.15) is 0 Å². The average molecular weight is 240 g/mol. The molecule has 0 radical (unpaired) electrons. The summed E-state index contributed by atoms with van der Waals surface area (Å²) in [5, 5.41) is 9.07. The van der Waals surface area contributed by atoms with Crippen LogP contribution in [-0.2, 0) is 4.79 Å². The van der Waals surface area contributed by atoms with Crippen LogP contribution in [0, 0.1) is 0 Å². The fraction of sp³-hybridized carbons (Fsp3) is 0.769. The molecule has 1 amide bonds. The lowest BCUT2D eigenvalue weighted by Crippen LogP contribution is -2.50. The summed E-state index contributed by atoms with van der Waals surface area (Å²) in [6.07, 6.45) is 7.80. The SMILES string of the molecule is C=CCC(N)C(=O)N(CCO)C1CCCCC1.